The Morgan fingerprint density at radius 1 is 1.04 bits per heavy atom. The van der Waals surface area contributed by atoms with Crippen molar-refractivity contribution < 1.29 is 0 Å². The van der Waals surface area contributed by atoms with Crippen molar-refractivity contribution in [2.75, 3.05) is 10.6 Å². The molecular weight excluding hydrogens is 396 g/mol. The number of aromatic nitrogens is 2. The molecular formula is C19H19BrN4S. The van der Waals surface area contributed by atoms with Gasteiger partial charge in [0, 0.05) is 22.4 Å². The molecule has 4 nitrogen and oxygen atoms in total. The number of thiocarbonyl (C=S) groups is 1. The van der Waals surface area contributed by atoms with E-state index in [9.17, 15) is 0 Å². The number of nitrogens with zero attached hydrogens (tertiary/aromatic N) is 2. The van der Waals surface area contributed by atoms with Crippen molar-refractivity contribution in [2.45, 2.75) is 20.4 Å². The Morgan fingerprint density at radius 2 is 1.80 bits per heavy atom. The highest BCUT2D eigenvalue weighted by Gasteiger charge is 2.04. The van der Waals surface area contributed by atoms with E-state index in [4.69, 9.17) is 12.2 Å². The van der Waals surface area contributed by atoms with Crippen LogP contribution in [0.15, 0.2) is 59.2 Å². The Bertz CT molecular complexity index is 887. The maximum Gasteiger partial charge on any atom is 0.176 e. The lowest BCUT2D eigenvalue weighted by molar-refractivity contribution is 0.690. The van der Waals surface area contributed by atoms with Crippen molar-refractivity contribution in [3.63, 3.8) is 0 Å². The molecule has 0 saturated heterocycles. The monoisotopic (exact) mass is 414 g/mol. The molecule has 2 aromatic carbocycles. The van der Waals surface area contributed by atoms with E-state index in [0.717, 1.165) is 16.0 Å². The van der Waals surface area contributed by atoms with Crippen LogP contribution in [0.3, 0.4) is 0 Å². The number of hydrogen-bond acceptors (Lipinski definition) is 2. The van der Waals surface area contributed by atoms with Gasteiger partial charge in [0.25, 0.3) is 0 Å². The largest absolute Gasteiger partial charge is 0.332 e. The molecule has 0 fully saturated rings. The highest BCUT2D eigenvalue weighted by atomic mass is 79.9. The number of nitrogens with one attached hydrogen (secondary N) is 2. The molecule has 3 aromatic rings. The van der Waals surface area contributed by atoms with E-state index in [2.05, 4.69) is 69.8 Å². The molecule has 0 radical (unpaired) electrons. The first-order valence-electron chi connectivity index (χ1n) is 7.93. The zero-order valence-electron chi connectivity index (χ0n) is 14.1. The molecule has 0 aliphatic rings. The predicted molar refractivity (Wildman–Crippen MR) is 111 cm³/mol. The van der Waals surface area contributed by atoms with E-state index in [1.807, 2.05) is 35.1 Å². The van der Waals surface area contributed by atoms with Crippen LogP contribution in [0.2, 0.25) is 0 Å². The third kappa shape index (κ3) is 4.90. The molecule has 25 heavy (non-hydrogen) atoms. The number of halogens is 1. The van der Waals surface area contributed by atoms with E-state index >= 15 is 0 Å². The van der Waals surface area contributed by atoms with Gasteiger partial charge in [-0.3, -0.25) is 4.68 Å². The van der Waals surface area contributed by atoms with Crippen LogP contribution < -0.4 is 10.6 Å². The Balaban J connectivity index is 1.59. The molecule has 0 atom stereocenters. The van der Waals surface area contributed by atoms with Crippen LogP contribution >= 0.6 is 28.1 Å². The summed E-state index contributed by atoms with van der Waals surface area (Å²) in [6.07, 6.45) is 1.93. The second kappa shape index (κ2) is 7.80. The lowest BCUT2D eigenvalue weighted by Crippen LogP contribution is -2.19. The highest BCUT2D eigenvalue weighted by molar-refractivity contribution is 9.10. The summed E-state index contributed by atoms with van der Waals surface area (Å²) < 4.78 is 2.95. The van der Waals surface area contributed by atoms with Crippen molar-refractivity contribution in [3.05, 3.63) is 75.9 Å². The summed E-state index contributed by atoms with van der Waals surface area (Å²) in [5, 5.41) is 11.3. The number of anilines is 2. The van der Waals surface area contributed by atoms with Crippen LogP contribution in [-0.2, 0) is 6.54 Å². The van der Waals surface area contributed by atoms with Gasteiger partial charge >= 0.3 is 0 Å². The minimum Gasteiger partial charge on any atom is -0.332 e. The number of hydrogen-bond donors (Lipinski definition) is 2. The maximum absolute atomic E-state index is 5.37. The van der Waals surface area contributed by atoms with E-state index in [1.54, 1.807) is 0 Å². The highest BCUT2D eigenvalue weighted by Crippen LogP contribution is 2.15. The average Bonchev–Trinajstić information content (AvgIpc) is 3.00. The van der Waals surface area contributed by atoms with Crippen molar-refractivity contribution in [1.82, 2.24) is 9.78 Å². The lowest BCUT2D eigenvalue weighted by atomic mass is 10.1. The average molecular weight is 415 g/mol. The van der Waals surface area contributed by atoms with Gasteiger partial charge in [-0.15, -0.1) is 0 Å². The summed E-state index contributed by atoms with van der Waals surface area (Å²) in [6, 6.07) is 16.3. The molecule has 6 heteroatoms. The molecule has 1 aromatic heterocycles. The van der Waals surface area contributed by atoms with E-state index in [1.165, 1.54) is 16.7 Å². The molecule has 0 unspecified atom stereocenters. The summed E-state index contributed by atoms with van der Waals surface area (Å²) in [6.45, 7) is 4.89. The molecule has 0 amide bonds. The minimum absolute atomic E-state index is 0.525. The molecule has 0 aliphatic heterocycles. The first-order valence-corrected chi connectivity index (χ1v) is 9.13. The Hall–Kier alpha value is -2.18. The molecule has 0 saturated carbocycles. The normalized spacial score (nSPS) is 10.5. The van der Waals surface area contributed by atoms with Crippen LogP contribution in [0, 0.1) is 13.8 Å². The maximum atomic E-state index is 5.37. The third-order valence-electron chi connectivity index (χ3n) is 3.90. The SMILES string of the molecule is Cc1ccc(NC(=S)Nc2ccn(Cc3ccc(Br)cc3)n2)cc1C. The second-order valence-corrected chi connectivity index (χ2v) is 7.23. The van der Waals surface area contributed by atoms with Crippen molar-refractivity contribution in [1.29, 1.82) is 0 Å². The smallest absolute Gasteiger partial charge is 0.176 e. The predicted octanol–water partition coefficient (Wildman–Crippen LogP) is 5.12. The zero-order valence-corrected chi connectivity index (χ0v) is 16.5. The van der Waals surface area contributed by atoms with Crippen molar-refractivity contribution in [2.24, 2.45) is 0 Å². The Morgan fingerprint density at radius 3 is 2.52 bits per heavy atom. The number of rotatable bonds is 4. The van der Waals surface area contributed by atoms with Crippen LogP contribution in [-0.4, -0.2) is 14.9 Å². The fourth-order valence-corrected chi connectivity index (χ4v) is 2.88. The summed E-state index contributed by atoms with van der Waals surface area (Å²) in [5.41, 5.74) is 4.64. The van der Waals surface area contributed by atoms with Crippen LogP contribution in [0.1, 0.15) is 16.7 Å². The lowest BCUT2D eigenvalue weighted by Gasteiger charge is -2.10. The molecule has 128 valence electrons. The van der Waals surface area contributed by atoms with Gasteiger partial charge in [0.2, 0.25) is 0 Å². The van der Waals surface area contributed by atoms with Crippen LogP contribution in [0.4, 0.5) is 11.5 Å². The number of benzene rings is 2. The number of aryl methyl sites for hydroxylation is 2. The standard InChI is InChI=1S/C19H19BrN4S/c1-13-3-8-17(11-14(13)2)21-19(25)22-18-9-10-24(23-18)12-15-4-6-16(20)7-5-15/h3-11H,12H2,1-2H3,(H2,21,22,23,25). The summed E-state index contributed by atoms with van der Waals surface area (Å²) in [7, 11) is 0. The Kier molecular flexibility index (Phi) is 5.50. The third-order valence-corrected chi connectivity index (χ3v) is 4.64. The molecule has 1 heterocycles. The van der Waals surface area contributed by atoms with E-state index in [-0.39, 0.29) is 0 Å². The van der Waals surface area contributed by atoms with E-state index < -0.39 is 0 Å². The fraction of sp³-hybridized carbons (Fsp3) is 0.158. The molecule has 2 N–H and O–H groups in total. The van der Waals surface area contributed by atoms with Gasteiger partial charge in [-0.2, -0.15) is 5.10 Å². The zero-order chi connectivity index (χ0) is 17.8. The van der Waals surface area contributed by atoms with Gasteiger partial charge in [0.05, 0.1) is 6.54 Å². The molecule has 0 bridgehead atoms. The minimum atomic E-state index is 0.525. The Labute approximate surface area is 161 Å². The van der Waals surface area contributed by atoms with Gasteiger partial charge < -0.3 is 10.6 Å². The quantitative estimate of drug-likeness (QED) is 0.581. The first-order chi connectivity index (χ1) is 12.0. The van der Waals surface area contributed by atoms with Gasteiger partial charge in [-0.25, -0.2) is 0 Å². The van der Waals surface area contributed by atoms with Crippen molar-refractivity contribution >= 4 is 44.8 Å². The van der Waals surface area contributed by atoms with Gasteiger partial charge in [-0.1, -0.05) is 34.1 Å². The fourth-order valence-electron chi connectivity index (χ4n) is 2.39. The molecule has 0 spiro atoms. The molecule has 0 aliphatic carbocycles. The van der Waals surface area contributed by atoms with Crippen LogP contribution in [0.5, 0.6) is 0 Å². The summed E-state index contributed by atoms with van der Waals surface area (Å²) in [5.74, 6) is 0.721. The van der Waals surface area contributed by atoms with Gasteiger partial charge in [-0.05, 0) is 67.0 Å². The van der Waals surface area contributed by atoms with Crippen molar-refractivity contribution in [3.8, 4) is 0 Å². The second-order valence-electron chi connectivity index (χ2n) is 5.90. The summed E-state index contributed by atoms with van der Waals surface area (Å²) >= 11 is 8.81. The topological polar surface area (TPSA) is 41.9 Å². The van der Waals surface area contributed by atoms with Gasteiger partial charge in [0.1, 0.15) is 0 Å². The first kappa shape index (κ1) is 17.6. The van der Waals surface area contributed by atoms with E-state index in [0.29, 0.717) is 11.7 Å². The summed E-state index contributed by atoms with van der Waals surface area (Å²) in [4.78, 5) is 0. The molecule has 3 rings (SSSR count). The van der Waals surface area contributed by atoms with Crippen LogP contribution in [0.25, 0.3) is 0 Å². The van der Waals surface area contributed by atoms with Gasteiger partial charge in [0.15, 0.2) is 10.9 Å².